The second-order valence-corrected chi connectivity index (χ2v) is 3.58. The third kappa shape index (κ3) is 4.07. The smallest absolute Gasteiger partial charge is 0.0990 e. The summed E-state index contributed by atoms with van der Waals surface area (Å²) in [5.74, 6) is 0. The summed E-state index contributed by atoms with van der Waals surface area (Å²) in [6, 6.07) is 0. The molecular weight excluding hydrogens is 164 g/mol. The lowest BCUT2D eigenvalue weighted by Crippen LogP contribution is -2.47. The van der Waals surface area contributed by atoms with Crippen molar-refractivity contribution in [3.8, 4) is 0 Å². The molecule has 0 unspecified atom stereocenters. The molecule has 0 spiro atoms. The highest BCUT2D eigenvalue weighted by atomic mass is 16.5. The lowest BCUT2D eigenvalue weighted by molar-refractivity contribution is 0.00742. The maximum atomic E-state index is 5.38. The van der Waals surface area contributed by atoms with Crippen LogP contribution in [0.15, 0.2) is 0 Å². The molecule has 1 rings (SSSR count). The van der Waals surface area contributed by atoms with Gasteiger partial charge in [-0.2, -0.15) is 0 Å². The minimum absolute atomic E-state index is 0.816. The molecule has 1 aliphatic heterocycles. The monoisotopic (exact) mass is 186 g/mol. The Hall–Kier alpha value is -0.120. The Balaban J connectivity index is 2.08. The van der Waals surface area contributed by atoms with Gasteiger partial charge in [-0.3, -0.25) is 4.90 Å². The van der Waals surface area contributed by atoms with Gasteiger partial charge in [0, 0.05) is 32.8 Å². The van der Waals surface area contributed by atoms with Gasteiger partial charge < -0.3 is 9.64 Å². The molecule has 13 heavy (non-hydrogen) atoms. The molecule has 1 aliphatic rings. The fourth-order valence-corrected chi connectivity index (χ4v) is 1.68. The fourth-order valence-electron chi connectivity index (χ4n) is 1.68. The second-order valence-electron chi connectivity index (χ2n) is 3.58. The molecule has 1 saturated heterocycles. The van der Waals surface area contributed by atoms with Crippen LogP contribution in [0.5, 0.6) is 0 Å². The summed E-state index contributed by atoms with van der Waals surface area (Å²) in [5, 5.41) is 0. The number of rotatable bonds is 5. The summed E-state index contributed by atoms with van der Waals surface area (Å²) < 4.78 is 5.38. The van der Waals surface area contributed by atoms with E-state index in [2.05, 4.69) is 16.7 Å². The summed E-state index contributed by atoms with van der Waals surface area (Å²) >= 11 is 0. The van der Waals surface area contributed by atoms with Crippen molar-refractivity contribution in [2.75, 3.05) is 46.1 Å². The van der Waals surface area contributed by atoms with E-state index < -0.39 is 0 Å². The van der Waals surface area contributed by atoms with E-state index >= 15 is 0 Å². The number of ether oxygens (including phenoxy) is 1. The lowest BCUT2D eigenvalue weighted by atomic mass is 10.3. The van der Waals surface area contributed by atoms with Crippen LogP contribution < -0.4 is 0 Å². The van der Waals surface area contributed by atoms with Crippen LogP contribution in [0, 0.1) is 0 Å². The minimum atomic E-state index is 0.816. The Kier molecular flexibility index (Phi) is 5.35. The predicted molar refractivity (Wildman–Crippen MR) is 54.8 cm³/mol. The van der Waals surface area contributed by atoms with E-state index in [9.17, 15) is 0 Å². The molecule has 3 nitrogen and oxygen atoms in total. The topological polar surface area (TPSA) is 15.7 Å². The Morgan fingerprint density at radius 2 is 1.62 bits per heavy atom. The molecule has 3 heteroatoms. The average molecular weight is 186 g/mol. The highest BCUT2D eigenvalue weighted by Gasteiger charge is 2.15. The van der Waals surface area contributed by atoms with E-state index in [1.165, 1.54) is 39.1 Å². The van der Waals surface area contributed by atoms with Gasteiger partial charge in [-0.15, -0.1) is 0 Å². The van der Waals surface area contributed by atoms with Crippen molar-refractivity contribution in [1.29, 1.82) is 0 Å². The van der Waals surface area contributed by atoms with Crippen LogP contribution in [0.4, 0.5) is 0 Å². The molecule has 0 radical (unpaired) electrons. The van der Waals surface area contributed by atoms with Gasteiger partial charge >= 0.3 is 0 Å². The van der Waals surface area contributed by atoms with Crippen molar-refractivity contribution in [2.24, 2.45) is 0 Å². The molecule has 78 valence electrons. The summed E-state index contributed by atoms with van der Waals surface area (Å²) in [5.41, 5.74) is 0. The largest absolute Gasteiger partial charge is 0.366 e. The SMILES string of the molecule is CCCN1CCN(COCC)CC1. The zero-order valence-corrected chi connectivity index (χ0v) is 8.96. The standard InChI is InChI=1S/C10H22N2O/c1-3-5-11-6-8-12(9-7-11)10-13-4-2/h3-10H2,1-2H3. The molecule has 0 aromatic carbocycles. The summed E-state index contributed by atoms with van der Waals surface area (Å²) in [6.07, 6.45) is 1.27. The molecule has 0 amide bonds. The Labute approximate surface area is 81.7 Å². The van der Waals surface area contributed by atoms with E-state index in [1.54, 1.807) is 0 Å². The van der Waals surface area contributed by atoms with Crippen molar-refractivity contribution >= 4 is 0 Å². The number of nitrogens with zero attached hydrogens (tertiary/aromatic N) is 2. The first kappa shape index (κ1) is 11.0. The maximum absolute atomic E-state index is 5.38. The van der Waals surface area contributed by atoms with Crippen molar-refractivity contribution < 1.29 is 4.74 Å². The quantitative estimate of drug-likeness (QED) is 0.637. The van der Waals surface area contributed by atoms with E-state index in [-0.39, 0.29) is 0 Å². The first-order valence-electron chi connectivity index (χ1n) is 5.39. The van der Waals surface area contributed by atoms with Crippen LogP contribution in [0.1, 0.15) is 20.3 Å². The van der Waals surface area contributed by atoms with Gasteiger partial charge in [0.25, 0.3) is 0 Å². The molecule has 0 bridgehead atoms. The maximum Gasteiger partial charge on any atom is 0.0990 e. The lowest BCUT2D eigenvalue weighted by Gasteiger charge is -2.34. The van der Waals surface area contributed by atoms with E-state index in [4.69, 9.17) is 4.74 Å². The number of hydrogen-bond acceptors (Lipinski definition) is 3. The van der Waals surface area contributed by atoms with Gasteiger partial charge in [-0.25, -0.2) is 0 Å². The Morgan fingerprint density at radius 1 is 1.00 bits per heavy atom. The highest BCUT2D eigenvalue weighted by molar-refractivity contribution is 4.69. The molecule has 0 saturated carbocycles. The van der Waals surface area contributed by atoms with Crippen LogP contribution in [-0.4, -0.2) is 55.9 Å². The molecule has 0 aromatic heterocycles. The summed E-state index contributed by atoms with van der Waals surface area (Å²) in [4.78, 5) is 4.91. The first-order valence-corrected chi connectivity index (χ1v) is 5.39. The van der Waals surface area contributed by atoms with E-state index in [0.717, 1.165) is 13.3 Å². The zero-order chi connectivity index (χ0) is 9.52. The van der Waals surface area contributed by atoms with Crippen molar-refractivity contribution in [3.63, 3.8) is 0 Å². The van der Waals surface area contributed by atoms with E-state index in [0.29, 0.717) is 0 Å². The fraction of sp³-hybridized carbons (Fsp3) is 1.00. The molecular formula is C10H22N2O. The molecule has 0 N–H and O–H groups in total. The molecule has 0 aliphatic carbocycles. The van der Waals surface area contributed by atoms with Gasteiger partial charge in [0.05, 0.1) is 6.73 Å². The Bertz CT molecular complexity index is 122. The molecule has 0 aromatic rings. The molecule has 0 atom stereocenters. The number of hydrogen-bond donors (Lipinski definition) is 0. The molecule has 1 heterocycles. The third-order valence-corrected chi connectivity index (χ3v) is 2.48. The second kappa shape index (κ2) is 6.35. The first-order chi connectivity index (χ1) is 6.36. The average Bonchev–Trinajstić information content (AvgIpc) is 2.17. The van der Waals surface area contributed by atoms with Crippen molar-refractivity contribution in [2.45, 2.75) is 20.3 Å². The van der Waals surface area contributed by atoms with Gasteiger partial charge in [0.1, 0.15) is 0 Å². The van der Waals surface area contributed by atoms with Gasteiger partial charge in [-0.1, -0.05) is 6.92 Å². The summed E-state index contributed by atoms with van der Waals surface area (Å²) in [7, 11) is 0. The predicted octanol–water partition coefficient (Wildman–Crippen LogP) is 1.01. The van der Waals surface area contributed by atoms with Crippen LogP contribution >= 0.6 is 0 Å². The van der Waals surface area contributed by atoms with E-state index in [1.807, 2.05) is 6.92 Å². The van der Waals surface area contributed by atoms with Gasteiger partial charge in [0.15, 0.2) is 0 Å². The molecule has 1 fully saturated rings. The van der Waals surface area contributed by atoms with Crippen LogP contribution in [0.2, 0.25) is 0 Å². The van der Waals surface area contributed by atoms with Gasteiger partial charge in [-0.05, 0) is 19.9 Å². The van der Waals surface area contributed by atoms with Crippen LogP contribution in [-0.2, 0) is 4.74 Å². The Morgan fingerprint density at radius 3 is 2.15 bits per heavy atom. The highest BCUT2D eigenvalue weighted by Crippen LogP contribution is 2.01. The zero-order valence-electron chi connectivity index (χ0n) is 8.96. The van der Waals surface area contributed by atoms with Crippen LogP contribution in [0.3, 0.4) is 0 Å². The number of piperazine rings is 1. The summed E-state index contributed by atoms with van der Waals surface area (Å²) in [6.45, 7) is 11.9. The third-order valence-electron chi connectivity index (χ3n) is 2.48. The minimum Gasteiger partial charge on any atom is -0.366 e. The normalized spacial score (nSPS) is 20.8. The van der Waals surface area contributed by atoms with Crippen LogP contribution in [0.25, 0.3) is 0 Å². The van der Waals surface area contributed by atoms with Crippen molar-refractivity contribution in [1.82, 2.24) is 9.80 Å². The van der Waals surface area contributed by atoms with Crippen molar-refractivity contribution in [3.05, 3.63) is 0 Å². The van der Waals surface area contributed by atoms with Gasteiger partial charge in [0.2, 0.25) is 0 Å².